The minimum Gasteiger partial charge on any atom is -0.493 e. The number of oxime groups is 1. The van der Waals surface area contributed by atoms with Crippen molar-refractivity contribution >= 4 is 23.5 Å². The molecule has 0 saturated heterocycles. The molecule has 0 radical (unpaired) electrons. The molecule has 146 valence electrons. The van der Waals surface area contributed by atoms with E-state index >= 15 is 0 Å². The average molecular weight is 391 g/mol. The quantitative estimate of drug-likeness (QED) is 0.488. The van der Waals surface area contributed by atoms with Crippen LogP contribution in [-0.2, 0) is 4.84 Å². The summed E-state index contributed by atoms with van der Waals surface area (Å²) in [6.07, 6.45) is 1.63. The smallest absolute Gasteiger partial charge is 0.347 e. The number of carbonyl (C=O) groups is 1. The van der Waals surface area contributed by atoms with Gasteiger partial charge in [-0.2, -0.15) is 0 Å². The SMILES string of the molecule is Cc1nc(-c2ccc(OCC(C)C)c(/C=N/OCC(C)C)c2)sc1C(=O)O. The van der Waals surface area contributed by atoms with Crippen molar-refractivity contribution in [3.63, 3.8) is 0 Å². The van der Waals surface area contributed by atoms with Gasteiger partial charge in [0.25, 0.3) is 0 Å². The first kappa shape index (κ1) is 20.9. The van der Waals surface area contributed by atoms with Crippen LogP contribution in [-0.4, -0.2) is 35.5 Å². The number of carboxylic acids is 1. The fourth-order valence-corrected chi connectivity index (χ4v) is 3.08. The van der Waals surface area contributed by atoms with E-state index in [1.54, 1.807) is 13.1 Å². The summed E-state index contributed by atoms with van der Waals surface area (Å²) in [5, 5.41) is 13.9. The lowest BCUT2D eigenvalue weighted by Gasteiger charge is -2.12. The fraction of sp³-hybridized carbons (Fsp3) is 0.450. The summed E-state index contributed by atoms with van der Waals surface area (Å²) in [5.41, 5.74) is 2.09. The Hall–Kier alpha value is -2.41. The predicted octanol–water partition coefficient (Wildman–Crippen LogP) is 4.86. The van der Waals surface area contributed by atoms with Crippen molar-refractivity contribution in [3.05, 3.63) is 34.3 Å². The third kappa shape index (κ3) is 6.06. The van der Waals surface area contributed by atoms with Gasteiger partial charge >= 0.3 is 5.97 Å². The number of hydrogen-bond donors (Lipinski definition) is 1. The summed E-state index contributed by atoms with van der Waals surface area (Å²) >= 11 is 1.16. The lowest BCUT2D eigenvalue weighted by Crippen LogP contribution is -2.06. The summed E-state index contributed by atoms with van der Waals surface area (Å²) in [5.74, 6) is 0.525. The maximum absolute atomic E-state index is 11.3. The van der Waals surface area contributed by atoms with Gasteiger partial charge in [0.05, 0.1) is 18.5 Å². The molecule has 1 heterocycles. The maximum atomic E-state index is 11.3. The van der Waals surface area contributed by atoms with Crippen LogP contribution in [0.3, 0.4) is 0 Å². The van der Waals surface area contributed by atoms with Crippen LogP contribution in [0.1, 0.15) is 48.6 Å². The lowest BCUT2D eigenvalue weighted by molar-refractivity contribution is 0.0701. The molecule has 0 atom stereocenters. The zero-order valence-electron chi connectivity index (χ0n) is 16.4. The van der Waals surface area contributed by atoms with Gasteiger partial charge in [-0.15, -0.1) is 11.3 Å². The van der Waals surface area contributed by atoms with Crippen molar-refractivity contribution in [1.82, 2.24) is 4.98 Å². The van der Waals surface area contributed by atoms with Gasteiger partial charge in [0.2, 0.25) is 0 Å². The number of aromatic nitrogens is 1. The third-order valence-electron chi connectivity index (χ3n) is 3.49. The number of aromatic carboxylic acids is 1. The minimum absolute atomic E-state index is 0.251. The molecule has 0 aliphatic rings. The van der Waals surface area contributed by atoms with Gasteiger partial charge in [0.1, 0.15) is 22.2 Å². The molecule has 1 aromatic heterocycles. The zero-order valence-corrected chi connectivity index (χ0v) is 17.2. The highest BCUT2D eigenvalue weighted by atomic mass is 32.1. The Kier molecular flexibility index (Phi) is 7.36. The second-order valence-corrected chi connectivity index (χ2v) is 8.12. The van der Waals surface area contributed by atoms with Crippen LogP contribution in [0.4, 0.5) is 0 Å². The summed E-state index contributed by atoms with van der Waals surface area (Å²) in [7, 11) is 0. The molecule has 0 aliphatic heterocycles. The van der Waals surface area contributed by atoms with Crippen molar-refractivity contribution in [2.45, 2.75) is 34.6 Å². The van der Waals surface area contributed by atoms with Gasteiger partial charge in [-0.3, -0.25) is 0 Å². The number of carboxylic acid groups (broad SMARTS) is 1. The van der Waals surface area contributed by atoms with E-state index in [2.05, 4.69) is 37.8 Å². The molecule has 0 amide bonds. The molecule has 0 saturated carbocycles. The molecule has 0 unspecified atom stereocenters. The average Bonchev–Trinajstić information content (AvgIpc) is 2.99. The second kappa shape index (κ2) is 9.50. The Balaban J connectivity index is 2.32. The number of nitrogens with zero attached hydrogens (tertiary/aromatic N) is 2. The number of thiazole rings is 1. The van der Waals surface area contributed by atoms with Gasteiger partial charge in [0.15, 0.2) is 0 Å². The van der Waals surface area contributed by atoms with Crippen molar-refractivity contribution in [1.29, 1.82) is 0 Å². The van der Waals surface area contributed by atoms with Crippen LogP contribution < -0.4 is 4.74 Å². The van der Waals surface area contributed by atoms with E-state index in [0.29, 0.717) is 41.5 Å². The first-order chi connectivity index (χ1) is 12.8. The molecule has 0 aliphatic carbocycles. The van der Waals surface area contributed by atoms with Crippen LogP contribution in [0.15, 0.2) is 23.4 Å². The van der Waals surface area contributed by atoms with Crippen molar-refractivity contribution in [2.75, 3.05) is 13.2 Å². The van der Waals surface area contributed by atoms with Crippen LogP contribution >= 0.6 is 11.3 Å². The first-order valence-corrected chi connectivity index (χ1v) is 9.72. The Morgan fingerprint density at radius 1 is 1.26 bits per heavy atom. The Bertz CT molecular complexity index is 812. The van der Waals surface area contributed by atoms with Gasteiger partial charge in [-0.05, 0) is 37.0 Å². The molecule has 0 bridgehead atoms. The Morgan fingerprint density at radius 2 is 1.96 bits per heavy atom. The number of hydrogen-bond acceptors (Lipinski definition) is 6. The van der Waals surface area contributed by atoms with E-state index in [4.69, 9.17) is 9.57 Å². The second-order valence-electron chi connectivity index (χ2n) is 7.12. The largest absolute Gasteiger partial charge is 0.493 e. The van der Waals surface area contributed by atoms with E-state index in [-0.39, 0.29) is 4.88 Å². The van der Waals surface area contributed by atoms with Gasteiger partial charge < -0.3 is 14.7 Å². The maximum Gasteiger partial charge on any atom is 0.347 e. The Labute approximate surface area is 163 Å². The fourth-order valence-electron chi connectivity index (χ4n) is 2.17. The molecule has 2 rings (SSSR count). The monoisotopic (exact) mass is 390 g/mol. The normalized spacial score (nSPS) is 11.5. The number of rotatable bonds is 9. The van der Waals surface area contributed by atoms with E-state index in [1.165, 1.54) is 0 Å². The molecular weight excluding hydrogens is 364 g/mol. The van der Waals surface area contributed by atoms with Crippen LogP contribution in [0, 0.1) is 18.8 Å². The molecule has 1 aromatic carbocycles. The molecule has 0 fully saturated rings. The van der Waals surface area contributed by atoms with Crippen molar-refractivity contribution in [3.8, 4) is 16.3 Å². The molecule has 0 spiro atoms. The lowest BCUT2D eigenvalue weighted by atomic mass is 10.1. The van der Waals surface area contributed by atoms with Gasteiger partial charge in [0, 0.05) is 11.1 Å². The van der Waals surface area contributed by atoms with Crippen molar-refractivity contribution in [2.24, 2.45) is 17.0 Å². The van der Waals surface area contributed by atoms with Crippen LogP contribution in [0.2, 0.25) is 0 Å². The number of ether oxygens (including phenoxy) is 1. The number of aryl methyl sites for hydroxylation is 1. The molecule has 6 nitrogen and oxygen atoms in total. The highest BCUT2D eigenvalue weighted by Crippen LogP contribution is 2.31. The van der Waals surface area contributed by atoms with Gasteiger partial charge in [-0.1, -0.05) is 32.9 Å². The molecule has 7 heteroatoms. The summed E-state index contributed by atoms with van der Waals surface area (Å²) in [6, 6.07) is 5.63. The summed E-state index contributed by atoms with van der Waals surface area (Å²) < 4.78 is 5.88. The third-order valence-corrected chi connectivity index (χ3v) is 4.69. The summed E-state index contributed by atoms with van der Waals surface area (Å²) in [6.45, 7) is 11.1. The molecule has 27 heavy (non-hydrogen) atoms. The van der Waals surface area contributed by atoms with E-state index in [1.807, 2.05) is 18.2 Å². The van der Waals surface area contributed by atoms with Gasteiger partial charge in [-0.25, -0.2) is 9.78 Å². The highest BCUT2D eigenvalue weighted by molar-refractivity contribution is 7.17. The van der Waals surface area contributed by atoms with Crippen molar-refractivity contribution < 1.29 is 19.5 Å². The molecular formula is C20H26N2O4S. The standard InChI is InChI=1S/C20H26N2O4S/c1-12(2)10-25-17-7-6-15(8-16(17)9-21-26-11-13(3)4)19-22-14(5)18(27-19)20(23)24/h6-9,12-13H,10-11H2,1-5H3,(H,23,24)/b21-9+. The zero-order chi connectivity index (χ0) is 20.0. The minimum atomic E-state index is -0.961. The highest BCUT2D eigenvalue weighted by Gasteiger charge is 2.16. The van der Waals surface area contributed by atoms with Crippen LogP contribution in [0.5, 0.6) is 5.75 Å². The van der Waals surface area contributed by atoms with E-state index < -0.39 is 5.97 Å². The van der Waals surface area contributed by atoms with E-state index in [9.17, 15) is 9.90 Å². The molecule has 1 N–H and O–H groups in total. The summed E-state index contributed by atoms with van der Waals surface area (Å²) in [4.78, 5) is 21.2. The Morgan fingerprint density at radius 3 is 2.56 bits per heavy atom. The number of benzene rings is 1. The topological polar surface area (TPSA) is 81.0 Å². The first-order valence-electron chi connectivity index (χ1n) is 8.91. The predicted molar refractivity (Wildman–Crippen MR) is 108 cm³/mol. The van der Waals surface area contributed by atoms with Crippen LogP contribution in [0.25, 0.3) is 10.6 Å². The van der Waals surface area contributed by atoms with E-state index in [0.717, 1.165) is 22.5 Å². The molecule has 2 aromatic rings.